The number of hydrogen-bond acceptors (Lipinski definition) is 4. The summed E-state index contributed by atoms with van der Waals surface area (Å²) in [5.41, 5.74) is 3.47. The SMILES string of the molecule is CN=C(NCc1cccc(N2CC=CC2)c1)N1CCN(Cc2ccc(OC)c(F)c2)CC1.I. The second-order valence-corrected chi connectivity index (χ2v) is 8.18. The van der Waals surface area contributed by atoms with Gasteiger partial charge in [-0.1, -0.05) is 30.4 Å². The highest BCUT2D eigenvalue weighted by Crippen LogP contribution is 2.20. The number of rotatable bonds is 6. The van der Waals surface area contributed by atoms with Crippen molar-refractivity contribution >= 4 is 35.6 Å². The minimum atomic E-state index is -0.307. The Morgan fingerprint density at radius 3 is 2.45 bits per heavy atom. The highest BCUT2D eigenvalue weighted by Gasteiger charge is 2.20. The van der Waals surface area contributed by atoms with Crippen LogP contribution in [-0.2, 0) is 13.1 Å². The largest absolute Gasteiger partial charge is 0.494 e. The van der Waals surface area contributed by atoms with Gasteiger partial charge in [0, 0.05) is 65.1 Å². The third-order valence-electron chi connectivity index (χ3n) is 6.05. The molecule has 1 fully saturated rings. The summed E-state index contributed by atoms with van der Waals surface area (Å²) in [6.45, 7) is 7.03. The second-order valence-electron chi connectivity index (χ2n) is 8.18. The number of nitrogens with one attached hydrogen (secondary N) is 1. The van der Waals surface area contributed by atoms with Crippen molar-refractivity contribution in [3.63, 3.8) is 0 Å². The third kappa shape index (κ3) is 6.60. The van der Waals surface area contributed by atoms with E-state index >= 15 is 0 Å². The van der Waals surface area contributed by atoms with E-state index in [9.17, 15) is 4.39 Å². The summed E-state index contributed by atoms with van der Waals surface area (Å²) in [6, 6.07) is 13.9. The van der Waals surface area contributed by atoms with Crippen molar-refractivity contribution in [2.45, 2.75) is 13.1 Å². The zero-order chi connectivity index (χ0) is 22.3. The highest BCUT2D eigenvalue weighted by atomic mass is 127. The predicted molar refractivity (Wildman–Crippen MR) is 143 cm³/mol. The lowest BCUT2D eigenvalue weighted by molar-refractivity contribution is 0.172. The van der Waals surface area contributed by atoms with Crippen molar-refractivity contribution in [2.75, 3.05) is 58.3 Å². The van der Waals surface area contributed by atoms with E-state index in [1.54, 1.807) is 12.1 Å². The number of piperazine rings is 1. The number of ether oxygens (including phenoxy) is 1. The van der Waals surface area contributed by atoms with Gasteiger partial charge in [-0.2, -0.15) is 0 Å². The van der Waals surface area contributed by atoms with Crippen LogP contribution < -0.4 is 15.0 Å². The van der Waals surface area contributed by atoms with E-state index in [0.29, 0.717) is 0 Å². The molecule has 8 heteroatoms. The second kappa shape index (κ2) is 12.2. The number of halogens is 2. The average Bonchev–Trinajstić information content (AvgIpc) is 3.36. The van der Waals surface area contributed by atoms with Gasteiger partial charge in [0.2, 0.25) is 0 Å². The lowest BCUT2D eigenvalue weighted by Gasteiger charge is -2.36. The molecule has 2 aromatic carbocycles. The molecule has 2 aromatic rings. The molecule has 1 saturated heterocycles. The van der Waals surface area contributed by atoms with Gasteiger partial charge in [0.1, 0.15) is 0 Å². The summed E-state index contributed by atoms with van der Waals surface area (Å²) >= 11 is 0. The molecule has 0 unspecified atom stereocenters. The molecule has 0 aromatic heterocycles. The molecule has 0 bridgehead atoms. The maximum atomic E-state index is 14.0. The average molecular weight is 565 g/mol. The number of methoxy groups -OCH3 is 1. The van der Waals surface area contributed by atoms with Crippen molar-refractivity contribution < 1.29 is 9.13 Å². The minimum absolute atomic E-state index is 0. The van der Waals surface area contributed by atoms with Crippen LogP contribution in [0.3, 0.4) is 0 Å². The van der Waals surface area contributed by atoms with Crippen molar-refractivity contribution in [2.24, 2.45) is 4.99 Å². The Bertz CT molecular complexity index is 967. The molecule has 0 saturated carbocycles. The van der Waals surface area contributed by atoms with Gasteiger partial charge in [0.25, 0.3) is 0 Å². The summed E-state index contributed by atoms with van der Waals surface area (Å²) in [7, 11) is 3.32. The number of aliphatic imine (C=N–C) groups is 1. The highest BCUT2D eigenvalue weighted by molar-refractivity contribution is 14.0. The molecule has 0 spiro atoms. The Kier molecular flexibility index (Phi) is 9.37. The molecule has 0 radical (unpaired) electrons. The third-order valence-corrected chi connectivity index (χ3v) is 6.05. The Morgan fingerprint density at radius 1 is 1.03 bits per heavy atom. The number of guanidine groups is 1. The van der Waals surface area contributed by atoms with Crippen LogP contribution in [0.5, 0.6) is 5.75 Å². The van der Waals surface area contributed by atoms with Crippen LogP contribution in [0.4, 0.5) is 10.1 Å². The monoisotopic (exact) mass is 565 g/mol. The standard InChI is InChI=1S/C25H32FN5O.HI/c1-27-25(28-18-20-6-5-7-22(16-20)30-10-3-4-11-30)31-14-12-29(13-15-31)19-21-8-9-24(32-2)23(26)17-21;/h3-9,16-17H,10-15,18-19H2,1-2H3,(H,27,28);1H. The molecule has 1 N–H and O–H groups in total. The molecule has 0 aliphatic carbocycles. The molecule has 2 heterocycles. The Hall–Kier alpha value is -2.33. The van der Waals surface area contributed by atoms with Gasteiger partial charge in [-0.15, -0.1) is 24.0 Å². The van der Waals surface area contributed by atoms with Crippen LogP contribution in [-0.4, -0.2) is 69.2 Å². The van der Waals surface area contributed by atoms with E-state index < -0.39 is 0 Å². The topological polar surface area (TPSA) is 43.3 Å². The molecule has 178 valence electrons. The van der Waals surface area contributed by atoms with Crippen molar-refractivity contribution in [3.8, 4) is 5.75 Å². The molecule has 0 amide bonds. The van der Waals surface area contributed by atoms with Crippen molar-refractivity contribution in [3.05, 3.63) is 71.6 Å². The van der Waals surface area contributed by atoms with E-state index in [4.69, 9.17) is 4.74 Å². The van der Waals surface area contributed by atoms with Crippen molar-refractivity contribution in [1.82, 2.24) is 15.1 Å². The van der Waals surface area contributed by atoms with Crippen LogP contribution >= 0.6 is 24.0 Å². The van der Waals surface area contributed by atoms with E-state index in [2.05, 4.69) is 61.4 Å². The van der Waals surface area contributed by atoms with Gasteiger partial charge < -0.3 is 19.9 Å². The summed E-state index contributed by atoms with van der Waals surface area (Å²) < 4.78 is 19.0. The van der Waals surface area contributed by atoms with E-state index in [-0.39, 0.29) is 35.5 Å². The van der Waals surface area contributed by atoms with Gasteiger partial charge in [0.05, 0.1) is 7.11 Å². The fourth-order valence-electron chi connectivity index (χ4n) is 4.25. The van der Waals surface area contributed by atoms with Gasteiger partial charge in [-0.05, 0) is 35.4 Å². The lowest BCUT2D eigenvalue weighted by Crippen LogP contribution is -2.52. The first kappa shape index (κ1) is 25.3. The molecule has 2 aliphatic heterocycles. The van der Waals surface area contributed by atoms with Crippen LogP contribution in [0.1, 0.15) is 11.1 Å². The van der Waals surface area contributed by atoms with Gasteiger partial charge in [0.15, 0.2) is 17.5 Å². The van der Waals surface area contributed by atoms with Crippen LogP contribution in [0.2, 0.25) is 0 Å². The Morgan fingerprint density at radius 2 is 1.79 bits per heavy atom. The van der Waals surface area contributed by atoms with Gasteiger partial charge >= 0.3 is 0 Å². The molecule has 33 heavy (non-hydrogen) atoms. The summed E-state index contributed by atoms with van der Waals surface area (Å²) in [6.07, 6.45) is 4.41. The first-order valence-electron chi connectivity index (χ1n) is 11.2. The van der Waals surface area contributed by atoms with Gasteiger partial charge in [-0.3, -0.25) is 9.89 Å². The summed E-state index contributed by atoms with van der Waals surface area (Å²) in [5, 5.41) is 3.52. The summed E-state index contributed by atoms with van der Waals surface area (Å²) in [4.78, 5) is 11.5. The smallest absolute Gasteiger partial charge is 0.194 e. The fraction of sp³-hybridized carbons (Fsp3) is 0.400. The number of anilines is 1. The molecule has 6 nitrogen and oxygen atoms in total. The molecular formula is C25H33FIN5O. The first-order valence-corrected chi connectivity index (χ1v) is 11.2. The zero-order valence-corrected chi connectivity index (χ0v) is 21.7. The molecular weight excluding hydrogens is 532 g/mol. The quantitative estimate of drug-likeness (QED) is 0.251. The molecule has 0 atom stereocenters. The van der Waals surface area contributed by atoms with Crippen LogP contribution in [0.15, 0.2) is 59.6 Å². The molecule has 2 aliphatic rings. The maximum absolute atomic E-state index is 14.0. The van der Waals surface area contributed by atoms with Crippen LogP contribution in [0.25, 0.3) is 0 Å². The zero-order valence-electron chi connectivity index (χ0n) is 19.3. The van der Waals surface area contributed by atoms with E-state index in [1.807, 2.05) is 13.1 Å². The maximum Gasteiger partial charge on any atom is 0.194 e. The summed E-state index contributed by atoms with van der Waals surface area (Å²) in [5.74, 6) is 0.905. The lowest BCUT2D eigenvalue weighted by atomic mass is 10.1. The normalized spacial score (nSPS) is 16.6. The van der Waals surface area contributed by atoms with Gasteiger partial charge in [-0.25, -0.2) is 4.39 Å². The predicted octanol–water partition coefficient (Wildman–Crippen LogP) is 3.72. The van der Waals surface area contributed by atoms with Crippen molar-refractivity contribution in [1.29, 1.82) is 0 Å². The Labute approximate surface area is 213 Å². The van der Waals surface area contributed by atoms with E-state index in [0.717, 1.165) is 63.9 Å². The Balaban J connectivity index is 0.00000306. The van der Waals surface area contributed by atoms with Crippen LogP contribution in [0, 0.1) is 5.82 Å². The molecule has 4 rings (SSSR count). The minimum Gasteiger partial charge on any atom is -0.494 e. The number of nitrogens with zero attached hydrogens (tertiary/aromatic N) is 4. The first-order chi connectivity index (χ1) is 15.7. The number of hydrogen-bond donors (Lipinski definition) is 1. The fourth-order valence-corrected chi connectivity index (χ4v) is 4.25. The van der Waals surface area contributed by atoms with E-state index in [1.165, 1.54) is 18.4 Å². The number of benzene rings is 2.